The maximum absolute atomic E-state index is 13.0. The standard InChI is InChI=1S/C19H23N9O4/c1-31-14-7-5-6-12(16(14)29)10-21-23-19(30)15-13(11-27-8-3-2-4-9-27)22-26-28(15)18-17(20)24-32-25-18/h5-7,10,29H,2-4,8-9,11H2,1H3,(H2,20,24)(H,23,30)/b21-10-. The summed E-state index contributed by atoms with van der Waals surface area (Å²) in [7, 11) is 1.44. The van der Waals surface area contributed by atoms with Crippen LogP contribution in [0, 0.1) is 0 Å². The van der Waals surface area contributed by atoms with Crippen molar-refractivity contribution in [3.05, 3.63) is 35.2 Å². The van der Waals surface area contributed by atoms with E-state index in [0.29, 0.717) is 23.6 Å². The number of hydrogen-bond donors (Lipinski definition) is 3. The molecular weight excluding hydrogens is 418 g/mol. The number of carbonyl (C=O) groups excluding carboxylic acids is 1. The van der Waals surface area contributed by atoms with Crippen molar-refractivity contribution in [2.75, 3.05) is 25.9 Å². The molecule has 2 aromatic heterocycles. The number of nitrogens with two attached hydrogens (primary N) is 1. The summed E-state index contributed by atoms with van der Waals surface area (Å²) in [6.45, 7) is 2.26. The predicted octanol–water partition coefficient (Wildman–Crippen LogP) is 0.696. The molecule has 4 N–H and O–H groups in total. The summed E-state index contributed by atoms with van der Waals surface area (Å²) in [6, 6.07) is 4.93. The topological polar surface area (TPSA) is 170 Å². The number of para-hydroxylation sites is 1. The first-order valence-electron chi connectivity index (χ1n) is 10.0. The molecule has 1 aromatic carbocycles. The van der Waals surface area contributed by atoms with Gasteiger partial charge in [0.1, 0.15) is 5.69 Å². The Morgan fingerprint density at radius 1 is 1.34 bits per heavy atom. The van der Waals surface area contributed by atoms with E-state index >= 15 is 0 Å². The molecule has 0 aliphatic carbocycles. The van der Waals surface area contributed by atoms with Crippen LogP contribution >= 0.6 is 0 Å². The fourth-order valence-corrected chi connectivity index (χ4v) is 3.48. The number of carbonyl (C=O) groups is 1. The van der Waals surface area contributed by atoms with E-state index in [1.807, 2.05) is 0 Å². The number of phenols is 1. The molecule has 1 fully saturated rings. The predicted molar refractivity (Wildman–Crippen MR) is 112 cm³/mol. The Morgan fingerprint density at radius 3 is 2.88 bits per heavy atom. The smallest absolute Gasteiger partial charge is 0.292 e. The number of benzene rings is 1. The van der Waals surface area contributed by atoms with Crippen molar-refractivity contribution in [1.82, 2.24) is 35.6 Å². The number of methoxy groups -OCH3 is 1. The first-order chi connectivity index (χ1) is 15.6. The van der Waals surface area contributed by atoms with Crippen molar-refractivity contribution < 1.29 is 19.3 Å². The second-order valence-corrected chi connectivity index (χ2v) is 7.20. The highest BCUT2D eigenvalue weighted by atomic mass is 16.6. The number of nitrogens with zero attached hydrogens (tertiary/aromatic N) is 7. The van der Waals surface area contributed by atoms with Crippen molar-refractivity contribution in [3.8, 4) is 17.3 Å². The monoisotopic (exact) mass is 441 g/mol. The molecule has 13 nitrogen and oxygen atoms in total. The Bertz CT molecular complexity index is 1120. The zero-order chi connectivity index (χ0) is 22.5. The lowest BCUT2D eigenvalue weighted by atomic mass is 10.1. The third kappa shape index (κ3) is 4.37. The quantitative estimate of drug-likeness (QED) is 0.350. The molecule has 32 heavy (non-hydrogen) atoms. The lowest BCUT2D eigenvalue weighted by molar-refractivity contribution is 0.0944. The molecule has 1 aliphatic heterocycles. The number of amides is 1. The number of hydrazone groups is 1. The van der Waals surface area contributed by atoms with Crippen molar-refractivity contribution in [2.24, 2.45) is 5.10 Å². The van der Waals surface area contributed by atoms with Crippen LogP contribution in [0.15, 0.2) is 27.9 Å². The molecule has 0 atom stereocenters. The fraction of sp³-hybridized carbons (Fsp3) is 0.368. The first-order valence-corrected chi connectivity index (χ1v) is 10.0. The summed E-state index contributed by atoms with van der Waals surface area (Å²) in [5, 5.41) is 29.6. The summed E-state index contributed by atoms with van der Waals surface area (Å²) < 4.78 is 10.9. The van der Waals surface area contributed by atoms with Crippen LogP contribution in [0.3, 0.4) is 0 Å². The van der Waals surface area contributed by atoms with Crippen LogP contribution < -0.4 is 15.9 Å². The Kier molecular flexibility index (Phi) is 6.26. The molecular formula is C19H23N9O4. The molecule has 0 unspecified atom stereocenters. The van der Waals surface area contributed by atoms with Crippen LogP contribution in [0.5, 0.6) is 11.5 Å². The second kappa shape index (κ2) is 9.43. The number of phenolic OH excluding ortho intramolecular Hbond substituents is 1. The molecule has 0 saturated carbocycles. The Morgan fingerprint density at radius 2 is 2.16 bits per heavy atom. The molecule has 3 heterocycles. The lowest BCUT2D eigenvalue weighted by Crippen LogP contribution is -2.31. The number of nitrogens with one attached hydrogen (secondary N) is 1. The third-order valence-corrected chi connectivity index (χ3v) is 5.09. The number of ether oxygens (including phenoxy) is 1. The Balaban J connectivity index is 1.59. The number of piperidine rings is 1. The van der Waals surface area contributed by atoms with E-state index in [1.165, 1.54) is 24.4 Å². The van der Waals surface area contributed by atoms with E-state index in [0.717, 1.165) is 25.9 Å². The summed E-state index contributed by atoms with van der Waals surface area (Å²) in [5.41, 5.74) is 9.16. The second-order valence-electron chi connectivity index (χ2n) is 7.20. The van der Waals surface area contributed by atoms with Gasteiger partial charge in [-0.3, -0.25) is 9.69 Å². The molecule has 13 heteroatoms. The molecule has 0 spiro atoms. The fourth-order valence-electron chi connectivity index (χ4n) is 3.48. The molecule has 1 saturated heterocycles. The van der Waals surface area contributed by atoms with Gasteiger partial charge in [0.2, 0.25) is 11.6 Å². The summed E-state index contributed by atoms with van der Waals surface area (Å²) in [5.74, 6) is -0.351. The molecule has 1 aliphatic rings. The maximum atomic E-state index is 13.0. The molecule has 1 amide bonds. The van der Waals surface area contributed by atoms with Crippen LogP contribution in [0.2, 0.25) is 0 Å². The minimum absolute atomic E-state index is 0.0294. The highest BCUT2D eigenvalue weighted by Gasteiger charge is 2.26. The number of aromatic hydroxyl groups is 1. The van der Waals surface area contributed by atoms with Gasteiger partial charge >= 0.3 is 0 Å². The average molecular weight is 441 g/mol. The normalized spacial score (nSPS) is 14.7. The van der Waals surface area contributed by atoms with Gasteiger partial charge in [-0.2, -0.15) is 9.78 Å². The van der Waals surface area contributed by atoms with Crippen molar-refractivity contribution in [1.29, 1.82) is 0 Å². The van der Waals surface area contributed by atoms with E-state index in [9.17, 15) is 9.90 Å². The van der Waals surface area contributed by atoms with E-state index in [2.05, 4.69) is 40.7 Å². The van der Waals surface area contributed by atoms with Gasteiger partial charge in [0.05, 0.1) is 13.3 Å². The van der Waals surface area contributed by atoms with Gasteiger partial charge in [0, 0.05) is 12.1 Å². The van der Waals surface area contributed by atoms with Crippen LogP contribution in [-0.4, -0.2) is 67.6 Å². The number of rotatable bonds is 7. The zero-order valence-electron chi connectivity index (χ0n) is 17.4. The van der Waals surface area contributed by atoms with Crippen LogP contribution in [0.4, 0.5) is 5.82 Å². The molecule has 0 bridgehead atoms. The van der Waals surface area contributed by atoms with Crippen LogP contribution in [0.25, 0.3) is 5.82 Å². The largest absolute Gasteiger partial charge is 0.504 e. The van der Waals surface area contributed by atoms with Gasteiger partial charge < -0.3 is 15.6 Å². The molecule has 4 rings (SSSR count). The first kappa shape index (κ1) is 21.2. The highest BCUT2D eigenvalue weighted by molar-refractivity contribution is 5.95. The van der Waals surface area contributed by atoms with Crippen molar-refractivity contribution in [2.45, 2.75) is 25.8 Å². The van der Waals surface area contributed by atoms with Gasteiger partial charge in [-0.15, -0.1) is 5.10 Å². The van der Waals surface area contributed by atoms with E-state index in [-0.39, 0.29) is 23.1 Å². The van der Waals surface area contributed by atoms with Crippen LogP contribution in [0.1, 0.15) is 41.0 Å². The number of aromatic nitrogens is 5. The van der Waals surface area contributed by atoms with Gasteiger partial charge in [-0.25, -0.2) is 10.1 Å². The number of hydrogen-bond acceptors (Lipinski definition) is 11. The number of likely N-dealkylation sites (tertiary alicyclic amines) is 1. The number of nitrogen functional groups attached to an aromatic ring is 1. The summed E-state index contributed by atoms with van der Waals surface area (Å²) in [4.78, 5) is 15.2. The minimum atomic E-state index is -0.581. The summed E-state index contributed by atoms with van der Waals surface area (Å²) in [6.07, 6.45) is 4.66. The van der Waals surface area contributed by atoms with Crippen molar-refractivity contribution >= 4 is 17.9 Å². The minimum Gasteiger partial charge on any atom is -0.504 e. The van der Waals surface area contributed by atoms with E-state index in [1.54, 1.807) is 18.2 Å². The molecule has 3 aromatic rings. The maximum Gasteiger partial charge on any atom is 0.292 e. The van der Waals surface area contributed by atoms with Gasteiger partial charge in [0.25, 0.3) is 5.91 Å². The Hall–Kier alpha value is -4.00. The van der Waals surface area contributed by atoms with Crippen LogP contribution in [-0.2, 0) is 6.54 Å². The van der Waals surface area contributed by atoms with E-state index < -0.39 is 5.91 Å². The zero-order valence-corrected chi connectivity index (χ0v) is 17.4. The third-order valence-electron chi connectivity index (χ3n) is 5.09. The van der Waals surface area contributed by atoms with Gasteiger partial charge in [-0.05, 0) is 48.4 Å². The average Bonchev–Trinajstić information content (AvgIpc) is 3.41. The summed E-state index contributed by atoms with van der Waals surface area (Å²) >= 11 is 0. The molecule has 168 valence electrons. The highest BCUT2D eigenvalue weighted by Crippen LogP contribution is 2.28. The lowest BCUT2D eigenvalue weighted by Gasteiger charge is -2.25. The SMILES string of the molecule is COc1cccc(/C=N\NC(=O)c2c(CN3CCCCC3)nnn2-c2nonc2N)c1O. The Labute approximate surface area is 182 Å². The van der Waals surface area contributed by atoms with Crippen molar-refractivity contribution in [3.63, 3.8) is 0 Å². The van der Waals surface area contributed by atoms with Gasteiger partial charge in [-0.1, -0.05) is 17.7 Å². The number of anilines is 1. The molecule has 0 radical (unpaired) electrons. The van der Waals surface area contributed by atoms with E-state index in [4.69, 9.17) is 10.5 Å². The van der Waals surface area contributed by atoms with Gasteiger partial charge in [0.15, 0.2) is 17.2 Å².